The van der Waals surface area contributed by atoms with Gasteiger partial charge in [-0.2, -0.15) is 0 Å². The molecule has 2 atom stereocenters. The lowest BCUT2D eigenvalue weighted by atomic mass is 10.2. The molecule has 1 aliphatic heterocycles. The number of amides is 1. The molecule has 1 fully saturated rings. The Morgan fingerprint density at radius 3 is 2.72 bits per heavy atom. The minimum absolute atomic E-state index is 0.00780. The maximum Gasteiger partial charge on any atom is 0.249 e. The van der Waals surface area contributed by atoms with E-state index in [0.717, 1.165) is 12.0 Å². The highest BCUT2D eigenvalue weighted by molar-refractivity contribution is 5.81. The van der Waals surface area contributed by atoms with Crippen LogP contribution in [0, 0.1) is 5.82 Å². The van der Waals surface area contributed by atoms with Gasteiger partial charge in [0.1, 0.15) is 11.9 Å². The molecule has 1 aromatic rings. The summed E-state index contributed by atoms with van der Waals surface area (Å²) in [6.07, 6.45) is 1.12. The first kappa shape index (κ1) is 13.0. The van der Waals surface area contributed by atoms with Crippen LogP contribution in [0.1, 0.15) is 18.4 Å². The van der Waals surface area contributed by atoms with E-state index in [4.69, 9.17) is 10.5 Å². The molecule has 0 aromatic heterocycles. The molecule has 1 aliphatic rings. The van der Waals surface area contributed by atoms with Crippen molar-refractivity contribution in [1.82, 2.24) is 5.32 Å². The van der Waals surface area contributed by atoms with E-state index in [-0.39, 0.29) is 17.8 Å². The van der Waals surface area contributed by atoms with Crippen LogP contribution < -0.4 is 11.1 Å². The topological polar surface area (TPSA) is 64.4 Å². The summed E-state index contributed by atoms with van der Waals surface area (Å²) in [5.41, 5.74) is 6.34. The minimum atomic E-state index is -0.404. The Labute approximate surface area is 105 Å². The van der Waals surface area contributed by atoms with Crippen molar-refractivity contribution < 1.29 is 13.9 Å². The first-order valence-electron chi connectivity index (χ1n) is 6.06. The van der Waals surface area contributed by atoms with Crippen molar-refractivity contribution in [2.75, 3.05) is 6.54 Å². The maximum absolute atomic E-state index is 12.7. The minimum Gasteiger partial charge on any atom is -0.364 e. The molecule has 0 aliphatic carbocycles. The van der Waals surface area contributed by atoms with Gasteiger partial charge >= 0.3 is 0 Å². The normalized spacial score (nSPS) is 23.0. The van der Waals surface area contributed by atoms with Crippen LogP contribution in [0.15, 0.2) is 24.3 Å². The number of benzene rings is 1. The third kappa shape index (κ3) is 3.27. The summed E-state index contributed by atoms with van der Waals surface area (Å²) >= 11 is 0. The molecule has 1 amide bonds. The highest BCUT2D eigenvalue weighted by atomic mass is 19.1. The third-order valence-corrected chi connectivity index (χ3v) is 3.04. The first-order chi connectivity index (χ1) is 8.69. The summed E-state index contributed by atoms with van der Waals surface area (Å²) < 4.78 is 18.2. The summed E-state index contributed by atoms with van der Waals surface area (Å²) in [5.74, 6) is -0.412. The standard InChI is InChI=1S/C13H17FN2O2/c14-10-3-1-9(2-4-10)8-16-13(17)12-6-5-11(7-15)18-12/h1-4,11-12H,5-8,15H2,(H,16,17)/t11-,12+/m1/s1. The zero-order valence-electron chi connectivity index (χ0n) is 10.1. The van der Waals surface area contributed by atoms with Gasteiger partial charge in [0, 0.05) is 13.1 Å². The summed E-state index contributed by atoms with van der Waals surface area (Å²) in [4.78, 5) is 11.8. The maximum atomic E-state index is 12.7. The molecule has 0 bridgehead atoms. The molecule has 0 saturated carbocycles. The van der Waals surface area contributed by atoms with Crippen molar-refractivity contribution in [3.05, 3.63) is 35.6 Å². The predicted octanol–water partition coefficient (Wildman–Crippen LogP) is 0.948. The van der Waals surface area contributed by atoms with E-state index in [1.807, 2.05) is 0 Å². The fourth-order valence-corrected chi connectivity index (χ4v) is 1.98. The van der Waals surface area contributed by atoms with E-state index in [9.17, 15) is 9.18 Å². The number of nitrogens with two attached hydrogens (primary N) is 1. The number of carbonyl (C=O) groups is 1. The summed E-state index contributed by atoms with van der Waals surface area (Å²) in [5, 5.41) is 2.78. The van der Waals surface area contributed by atoms with Crippen LogP contribution in [0.2, 0.25) is 0 Å². The van der Waals surface area contributed by atoms with Crippen molar-refractivity contribution in [3.8, 4) is 0 Å². The Morgan fingerprint density at radius 2 is 2.11 bits per heavy atom. The van der Waals surface area contributed by atoms with Crippen LogP contribution >= 0.6 is 0 Å². The first-order valence-corrected chi connectivity index (χ1v) is 6.06. The van der Waals surface area contributed by atoms with Crippen LogP contribution in [0.4, 0.5) is 4.39 Å². The molecule has 0 spiro atoms. The Hall–Kier alpha value is -1.46. The van der Waals surface area contributed by atoms with Gasteiger partial charge in [-0.3, -0.25) is 4.79 Å². The monoisotopic (exact) mass is 252 g/mol. The second kappa shape index (κ2) is 5.93. The van der Waals surface area contributed by atoms with Gasteiger partial charge in [0.2, 0.25) is 5.91 Å². The quantitative estimate of drug-likeness (QED) is 0.838. The van der Waals surface area contributed by atoms with E-state index >= 15 is 0 Å². The number of ether oxygens (including phenoxy) is 1. The molecule has 3 N–H and O–H groups in total. The van der Waals surface area contributed by atoms with Crippen molar-refractivity contribution in [2.24, 2.45) is 5.73 Å². The van der Waals surface area contributed by atoms with Crippen LogP contribution in [-0.2, 0) is 16.1 Å². The van der Waals surface area contributed by atoms with Crippen molar-refractivity contribution in [3.63, 3.8) is 0 Å². The molecular formula is C13H17FN2O2. The van der Waals surface area contributed by atoms with Crippen molar-refractivity contribution >= 4 is 5.91 Å². The molecule has 4 nitrogen and oxygen atoms in total. The van der Waals surface area contributed by atoms with Gasteiger partial charge < -0.3 is 15.8 Å². The molecule has 0 unspecified atom stereocenters. The van der Waals surface area contributed by atoms with Crippen molar-refractivity contribution in [2.45, 2.75) is 31.6 Å². The molecule has 1 saturated heterocycles. The molecule has 18 heavy (non-hydrogen) atoms. The van der Waals surface area contributed by atoms with Crippen LogP contribution in [0.5, 0.6) is 0 Å². The largest absolute Gasteiger partial charge is 0.364 e. The van der Waals surface area contributed by atoms with Gasteiger partial charge in [-0.25, -0.2) is 4.39 Å². The second-order valence-electron chi connectivity index (χ2n) is 4.40. The van der Waals surface area contributed by atoms with E-state index < -0.39 is 6.10 Å². The summed E-state index contributed by atoms with van der Waals surface area (Å²) in [7, 11) is 0. The Kier molecular flexibility index (Phi) is 4.28. The molecule has 2 rings (SSSR count). The molecular weight excluding hydrogens is 235 g/mol. The zero-order chi connectivity index (χ0) is 13.0. The van der Waals surface area contributed by atoms with Crippen LogP contribution in [0.25, 0.3) is 0 Å². The second-order valence-corrected chi connectivity index (χ2v) is 4.40. The average molecular weight is 252 g/mol. The van der Waals surface area contributed by atoms with Crippen molar-refractivity contribution in [1.29, 1.82) is 0 Å². The number of rotatable bonds is 4. The zero-order valence-corrected chi connectivity index (χ0v) is 10.1. The van der Waals surface area contributed by atoms with E-state index in [0.29, 0.717) is 19.5 Å². The predicted molar refractivity (Wildman–Crippen MR) is 65.2 cm³/mol. The van der Waals surface area contributed by atoms with Gasteiger partial charge in [-0.15, -0.1) is 0 Å². The Bertz CT molecular complexity index is 408. The average Bonchev–Trinajstić information content (AvgIpc) is 2.86. The van der Waals surface area contributed by atoms with Gasteiger partial charge in [0.15, 0.2) is 0 Å². The lowest BCUT2D eigenvalue weighted by Crippen LogP contribution is -2.35. The third-order valence-electron chi connectivity index (χ3n) is 3.04. The highest BCUT2D eigenvalue weighted by Gasteiger charge is 2.29. The van der Waals surface area contributed by atoms with Crippen LogP contribution in [0.3, 0.4) is 0 Å². The lowest BCUT2D eigenvalue weighted by Gasteiger charge is -2.12. The molecule has 5 heteroatoms. The molecule has 1 aromatic carbocycles. The van der Waals surface area contributed by atoms with E-state index in [2.05, 4.69) is 5.32 Å². The molecule has 0 radical (unpaired) electrons. The smallest absolute Gasteiger partial charge is 0.249 e. The van der Waals surface area contributed by atoms with E-state index in [1.165, 1.54) is 12.1 Å². The fraction of sp³-hybridized carbons (Fsp3) is 0.462. The van der Waals surface area contributed by atoms with Gasteiger partial charge in [-0.05, 0) is 30.5 Å². The molecule has 98 valence electrons. The van der Waals surface area contributed by atoms with Gasteiger partial charge in [0.05, 0.1) is 6.10 Å². The lowest BCUT2D eigenvalue weighted by molar-refractivity contribution is -0.132. The SMILES string of the molecule is NC[C@H]1CC[C@@H](C(=O)NCc2ccc(F)cc2)O1. The van der Waals surface area contributed by atoms with Gasteiger partial charge in [-0.1, -0.05) is 12.1 Å². The fourth-order valence-electron chi connectivity index (χ4n) is 1.98. The van der Waals surface area contributed by atoms with Crippen LogP contribution in [-0.4, -0.2) is 24.7 Å². The summed E-state index contributed by atoms with van der Waals surface area (Å²) in [6.45, 7) is 0.827. The number of hydrogen-bond donors (Lipinski definition) is 2. The number of carbonyl (C=O) groups excluding carboxylic acids is 1. The Morgan fingerprint density at radius 1 is 1.39 bits per heavy atom. The highest BCUT2D eigenvalue weighted by Crippen LogP contribution is 2.18. The van der Waals surface area contributed by atoms with Gasteiger partial charge in [0.25, 0.3) is 0 Å². The number of hydrogen-bond acceptors (Lipinski definition) is 3. The number of halogens is 1. The molecule has 1 heterocycles. The van der Waals surface area contributed by atoms with E-state index in [1.54, 1.807) is 12.1 Å². The Balaban J connectivity index is 1.80. The number of nitrogens with one attached hydrogen (secondary N) is 1. The summed E-state index contributed by atoms with van der Waals surface area (Å²) in [6, 6.07) is 6.04.